The van der Waals surface area contributed by atoms with Gasteiger partial charge in [0.25, 0.3) is 0 Å². The second kappa shape index (κ2) is 5.78. The molecule has 18 heavy (non-hydrogen) atoms. The number of sulfonamides is 1. The number of ether oxygens (including phenoxy) is 2. The quantitative estimate of drug-likeness (QED) is 0.516. The van der Waals surface area contributed by atoms with E-state index >= 15 is 0 Å². The third kappa shape index (κ3) is 2.99. The summed E-state index contributed by atoms with van der Waals surface area (Å²) < 4.78 is 34.0. The van der Waals surface area contributed by atoms with Gasteiger partial charge in [0.15, 0.2) is 6.29 Å². The molecule has 1 fully saturated rings. The number of hydrogen-bond donors (Lipinski definition) is 3. The Balaban J connectivity index is 3.01. The van der Waals surface area contributed by atoms with E-state index in [2.05, 4.69) is 0 Å². The molecule has 0 amide bonds. The number of aliphatic hydroxyl groups excluding tert-OH is 3. The highest BCUT2D eigenvalue weighted by Crippen LogP contribution is 2.26. The first-order chi connectivity index (χ1) is 8.23. The molecule has 0 radical (unpaired) electrons. The zero-order valence-corrected chi connectivity index (χ0v) is 11.2. The molecule has 0 spiro atoms. The van der Waals surface area contributed by atoms with Gasteiger partial charge >= 0.3 is 0 Å². The molecule has 0 aromatic heterocycles. The molecule has 108 valence electrons. The predicted molar refractivity (Wildman–Crippen MR) is 61.2 cm³/mol. The van der Waals surface area contributed by atoms with Crippen LogP contribution in [0.25, 0.3) is 0 Å². The Morgan fingerprint density at radius 2 is 1.89 bits per heavy atom. The van der Waals surface area contributed by atoms with Crippen molar-refractivity contribution in [1.29, 1.82) is 0 Å². The number of hydrogen-bond acceptors (Lipinski definition) is 7. The van der Waals surface area contributed by atoms with Crippen molar-refractivity contribution < 1.29 is 33.2 Å². The van der Waals surface area contributed by atoms with Gasteiger partial charge in [-0.25, -0.2) is 8.42 Å². The lowest BCUT2D eigenvalue weighted by molar-refractivity contribution is -0.271. The van der Waals surface area contributed by atoms with Gasteiger partial charge in [-0.05, 0) is 0 Å². The molecule has 1 saturated heterocycles. The molecule has 1 heterocycles. The zero-order chi connectivity index (χ0) is 14.1. The van der Waals surface area contributed by atoms with E-state index in [0.717, 1.165) is 10.6 Å². The Hall–Kier alpha value is -0.290. The molecule has 1 aliphatic rings. The summed E-state index contributed by atoms with van der Waals surface area (Å²) >= 11 is 0. The van der Waals surface area contributed by atoms with Crippen LogP contribution in [0.15, 0.2) is 0 Å². The molecule has 0 aliphatic carbocycles. The minimum absolute atomic E-state index is 0.507. The highest BCUT2D eigenvalue weighted by molar-refractivity contribution is 7.88. The molecule has 5 atom stereocenters. The number of rotatable bonds is 4. The van der Waals surface area contributed by atoms with Crippen molar-refractivity contribution in [3.05, 3.63) is 0 Å². The van der Waals surface area contributed by atoms with Crippen LogP contribution >= 0.6 is 0 Å². The van der Waals surface area contributed by atoms with Crippen molar-refractivity contribution in [2.45, 2.75) is 30.6 Å². The third-order valence-corrected chi connectivity index (χ3v) is 4.31. The van der Waals surface area contributed by atoms with Gasteiger partial charge in [0.2, 0.25) is 10.0 Å². The summed E-state index contributed by atoms with van der Waals surface area (Å²) in [6.45, 7) is -0.507. The minimum Gasteiger partial charge on any atom is -0.394 e. The Bertz CT molecular complexity index is 371. The zero-order valence-electron chi connectivity index (χ0n) is 10.4. The van der Waals surface area contributed by atoms with Crippen LogP contribution in [-0.4, -0.2) is 85.7 Å². The molecule has 0 bridgehead atoms. The molecule has 0 unspecified atom stereocenters. The molecule has 3 N–H and O–H groups in total. The van der Waals surface area contributed by atoms with Gasteiger partial charge in [-0.1, -0.05) is 0 Å². The van der Waals surface area contributed by atoms with E-state index in [9.17, 15) is 18.6 Å². The summed E-state index contributed by atoms with van der Waals surface area (Å²) in [5, 5.41) is 28.7. The van der Waals surface area contributed by atoms with Gasteiger partial charge in [-0.15, -0.1) is 0 Å². The second-order valence-electron chi connectivity index (χ2n) is 4.21. The molecule has 9 heteroatoms. The topological polar surface area (TPSA) is 117 Å². The maximum absolute atomic E-state index is 11.5. The molecule has 0 saturated carbocycles. The predicted octanol–water partition coefficient (Wildman–Crippen LogP) is -2.67. The van der Waals surface area contributed by atoms with Crippen LogP contribution < -0.4 is 0 Å². The van der Waals surface area contributed by atoms with Crippen LogP contribution in [0, 0.1) is 0 Å². The van der Waals surface area contributed by atoms with Gasteiger partial charge in [0.1, 0.15) is 24.4 Å². The van der Waals surface area contributed by atoms with Gasteiger partial charge < -0.3 is 24.8 Å². The lowest BCUT2D eigenvalue weighted by Crippen LogP contribution is -2.64. The highest BCUT2D eigenvalue weighted by atomic mass is 32.2. The van der Waals surface area contributed by atoms with Gasteiger partial charge in [0.05, 0.1) is 12.9 Å². The number of nitrogens with zero attached hydrogens (tertiary/aromatic N) is 1. The normalized spacial score (nSPS) is 38.1. The van der Waals surface area contributed by atoms with Crippen molar-refractivity contribution in [3.8, 4) is 0 Å². The standard InChI is InChI=1S/C9H19NO7S/c1-10(18(3,14)15)6-8(13)7(12)5(4-11)17-9(6)16-2/h5-9,11-13H,4H2,1-3H3/t5-,6-,7-,8-,9-/m1/s1. The van der Waals surface area contributed by atoms with E-state index in [1.807, 2.05) is 0 Å². The SMILES string of the molecule is CO[C@@H]1O[C@H](CO)[C@@H](O)[C@H](O)[C@H]1N(C)S(C)(=O)=O. The molecule has 1 aliphatic heterocycles. The fourth-order valence-corrected chi connectivity index (χ4v) is 2.54. The van der Waals surface area contributed by atoms with E-state index in [0.29, 0.717) is 0 Å². The van der Waals surface area contributed by atoms with Crippen molar-refractivity contribution in [2.75, 3.05) is 27.0 Å². The third-order valence-electron chi connectivity index (χ3n) is 3.02. The first-order valence-corrected chi connectivity index (χ1v) is 7.17. The molecule has 8 nitrogen and oxygen atoms in total. The van der Waals surface area contributed by atoms with Crippen LogP contribution in [0.3, 0.4) is 0 Å². The summed E-state index contributed by atoms with van der Waals surface area (Å²) in [5.74, 6) is 0. The van der Waals surface area contributed by atoms with Gasteiger partial charge in [-0.2, -0.15) is 4.31 Å². The summed E-state index contributed by atoms with van der Waals surface area (Å²) in [4.78, 5) is 0. The average molecular weight is 285 g/mol. The van der Waals surface area contributed by atoms with Crippen molar-refractivity contribution in [3.63, 3.8) is 0 Å². The van der Waals surface area contributed by atoms with Crippen LogP contribution in [0.4, 0.5) is 0 Å². The Morgan fingerprint density at radius 1 is 1.33 bits per heavy atom. The van der Waals surface area contributed by atoms with Crippen LogP contribution in [-0.2, 0) is 19.5 Å². The second-order valence-corrected chi connectivity index (χ2v) is 6.25. The summed E-state index contributed by atoms with van der Waals surface area (Å²) in [5.41, 5.74) is 0. The first kappa shape index (κ1) is 15.8. The van der Waals surface area contributed by atoms with Crippen LogP contribution in [0.1, 0.15) is 0 Å². The number of likely N-dealkylation sites (N-methyl/N-ethyl adjacent to an activating group) is 1. The molecule has 0 aromatic rings. The monoisotopic (exact) mass is 285 g/mol. The Labute approximate surface area is 106 Å². The van der Waals surface area contributed by atoms with Gasteiger partial charge in [-0.3, -0.25) is 0 Å². The van der Waals surface area contributed by atoms with E-state index in [-0.39, 0.29) is 0 Å². The molecule has 1 rings (SSSR count). The maximum Gasteiger partial charge on any atom is 0.211 e. The van der Waals surface area contributed by atoms with E-state index in [1.165, 1.54) is 14.2 Å². The minimum atomic E-state index is -3.59. The van der Waals surface area contributed by atoms with Crippen molar-refractivity contribution in [2.24, 2.45) is 0 Å². The van der Waals surface area contributed by atoms with Crippen molar-refractivity contribution >= 4 is 10.0 Å². The molecular weight excluding hydrogens is 266 g/mol. The molecule has 0 aromatic carbocycles. The maximum atomic E-state index is 11.5. The Morgan fingerprint density at radius 3 is 2.28 bits per heavy atom. The van der Waals surface area contributed by atoms with Crippen LogP contribution in [0.5, 0.6) is 0 Å². The summed E-state index contributed by atoms with van der Waals surface area (Å²) in [6.07, 6.45) is -3.93. The fourth-order valence-electron chi connectivity index (χ4n) is 1.87. The van der Waals surface area contributed by atoms with E-state index in [4.69, 9.17) is 14.6 Å². The fraction of sp³-hybridized carbons (Fsp3) is 1.00. The highest BCUT2D eigenvalue weighted by Gasteiger charge is 2.48. The van der Waals surface area contributed by atoms with E-state index < -0.39 is 47.3 Å². The number of methoxy groups -OCH3 is 1. The van der Waals surface area contributed by atoms with E-state index in [1.54, 1.807) is 0 Å². The smallest absolute Gasteiger partial charge is 0.211 e. The average Bonchev–Trinajstić information content (AvgIpc) is 2.30. The Kier molecular flexibility index (Phi) is 5.06. The lowest BCUT2D eigenvalue weighted by atomic mass is 9.97. The lowest BCUT2D eigenvalue weighted by Gasteiger charge is -2.44. The van der Waals surface area contributed by atoms with Gasteiger partial charge in [0, 0.05) is 14.2 Å². The number of aliphatic hydroxyl groups is 3. The first-order valence-electron chi connectivity index (χ1n) is 5.32. The summed E-state index contributed by atoms with van der Waals surface area (Å²) in [7, 11) is -1.05. The van der Waals surface area contributed by atoms with Crippen LogP contribution in [0.2, 0.25) is 0 Å². The van der Waals surface area contributed by atoms with Crippen molar-refractivity contribution in [1.82, 2.24) is 4.31 Å². The largest absolute Gasteiger partial charge is 0.394 e. The molecular formula is C9H19NO7S. The summed E-state index contributed by atoms with van der Waals surface area (Å²) in [6, 6.07) is -1.08.